The number of aliphatic carboxylic acids is 1. The summed E-state index contributed by atoms with van der Waals surface area (Å²) in [6.07, 6.45) is 3.49. The van der Waals surface area contributed by atoms with Crippen LogP contribution in [0.25, 0.3) is 0 Å². The molecule has 3 heteroatoms. The van der Waals surface area contributed by atoms with Crippen LogP contribution in [0.2, 0.25) is 0 Å². The second-order valence-electron chi connectivity index (χ2n) is 3.71. The largest absolute Gasteiger partial charge is 0.478 e. The van der Waals surface area contributed by atoms with E-state index < -0.39 is 5.97 Å². The van der Waals surface area contributed by atoms with Crippen LogP contribution in [0.1, 0.15) is 33.6 Å². The highest BCUT2D eigenvalue weighted by molar-refractivity contribution is 5.80. The number of hydrogen-bond donors (Lipinski definition) is 1. The zero-order valence-corrected chi connectivity index (χ0v) is 9.58. The van der Waals surface area contributed by atoms with Crippen molar-refractivity contribution in [2.45, 2.75) is 39.7 Å². The average Bonchev–Trinajstić information content (AvgIpc) is 2.04. The van der Waals surface area contributed by atoms with Crippen molar-refractivity contribution in [1.29, 1.82) is 0 Å². The van der Waals surface area contributed by atoms with E-state index in [2.05, 4.69) is 18.7 Å². The predicted octanol–water partition coefficient (Wildman–Crippen LogP) is 2.14. The van der Waals surface area contributed by atoms with E-state index in [1.165, 1.54) is 6.08 Å². The van der Waals surface area contributed by atoms with Crippen molar-refractivity contribution in [2.24, 2.45) is 0 Å². The summed E-state index contributed by atoms with van der Waals surface area (Å²) in [5.41, 5.74) is 0.895. The van der Waals surface area contributed by atoms with E-state index in [9.17, 15) is 4.79 Å². The third kappa shape index (κ3) is 5.02. The Morgan fingerprint density at radius 1 is 1.43 bits per heavy atom. The summed E-state index contributed by atoms with van der Waals surface area (Å²) >= 11 is 0. The molecule has 0 spiro atoms. The fraction of sp³-hybridized carbons (Fsp3) is 0.727. The minimum absolute atomic E-state index is 0.548. The van der Waals surface area contributed by atoms with Crippen molar-refractivity contribution in [3.05, 3.63) is 11.6 Å². The quantitative estimate of drug-likeness (QED) is 0.666. The van der Waals surface area contributed by atoms with E-state index in [1.807, 2.05) is 14.0 Å². The van der Waals surface area contributed by atoms with Gasteiger partial charge in [0.25, 0.3) is 0 Å². The van der Waals surface area contributed by atoms with E-state index in [-0.39, 0.29) is 0 Å². The molecule has 0 amide bonds. The minimum Gasteiger partial charge on any atom is -0.478 e. The molecule has 0 bridgehead atoms. The Morgan fingerprint density at radius 2 is 1.93 bits per heavy atom. The number of rotatable bonds is 6. The van der Waals surface area contributed by atoms with Crippen molar-refractivity contribution in [3.63, 3.8) is 0 Å². The Morgan fingerprint density at radius 3 is 2.29 bits per heavy atom. The van der Waals surface area contributed by atoms with E-state index in [0.717, 1.165) is 25.0 Å². The maximum absolute atomic E-state index is 10.4. The fourth-order valence-corrected chi connectivity index (χ4v) is 1.69. The lowest BCUT2D eigenvalue weighted by atomic mass is 10.1. The molecule has 0 saturated carbocycles. The van der Waals surface area contributed by atoms with Crippen LogP contribution >= 0.6 is 0 Å². The smallest absolute Gasteiger partial charge is 0.328 e. The predicted molar refractivity (Wildman–Crippen MR) is 58.4 cm³/mol. The highest BCUT2D eigenvalue weighted by Gasteiger charge is 2.10. The van der Waals surface area contributed by atoms with Gasteiger partial charge in [-0.1, -0.05) is 19.4 Å². The minimum atomic E-state index is -0.861. The summed E-state index contributed by atoms with van der Waals surface area (Å²) in [5.74, 6) is -0.861. The number of likely N-dealkylation sites (N-methyl/N-ethyl adjacent to an activating group) is 1. The molecule has 0 aromatic rings. The van der Waals surface area contributed by atoms with E-state index >= 15 is 0 Å². The summed E-state index contributed by atoms with van der Waals surface area (Å²) in [4.78, 5) is 12.6. The molecule has 0 saturated heterocycles. The molecule has 0 aliphatic rings. The van der Waals surface area contributed by atoms with Gasteiger partial charge in [0.15, 0.2) is 0 Å². The molecule has 1 N–H and O–H groups in total. The van der Waals surface area contributed by atoms with Gasteiger partial charge >= 0.3 is 5.97 Å². The van der Waals surface area contributed by atoms with Crippen LogP contribution in [0.4, 0.5) is 0 Å². The molecule has 0 radical (unpaired) electrons. The SMILES string of the molecule is CCC(CC)N(C)CC(C)=CC(=O)O. The van der Waals surface area contributed by atoms with Gasteiger partial charge in [0.1, 0.15) is 0 Å². The second kappa shape index (κ2) is 6.60. The third-order valence-corrected chi connectivity index (χ3v) is 2.43. The van der Waals surface area contributed by atoms with Gasteiger partial charge < -0.3 is 5.11 Å². The van der Waals surface area contributed by atoms with E-state index in [0.29, 0.717) is 6.04 Å². The number of carbonyl (C=O) groups is 1. The molecule has 0 unspecified atom stereocenters. The fourth-order valence-electron chi connectivity index (χ4n) is 1.69. The summed E-state index contributed by atoms with van der Waals surface area (Å²) in [6, 6.07) is 0.548. The average molecular weight is 199 g/mol. The van der Waals surface area contributed by atoms with Gasteiger partial charge in [-0.15, -0.1) is 0 Å². The van der Waals surface area contributed by atoms with Gasteiger partial charge in [-0.05, 0) is 26.8 Å². The zero-order valence-electron chi connectivity index (χ0n) is 9.58. The van der Waals surface area contributed by atoms with Crippen molar-refractivity contribution in [3.8, 4) is 0 Å². The van der Waals surface area contributed by atoms with Crippen molar-refractivity contribution in [1.82, 2.24) is 4.90 Å². The number of hydrogen-bond acceptors (Lipinski definition) is 2. The van der Waals surface area contributed by atoms with Gasteiger partial charge in [-0.2, -0.15) is 0 Å². The Bertz CT molecular complexity index is 207. The van der Waals surface area contributed by atoms with Crippen LogP contribution in [0, 0.1) is 0 Å². The third-order valence-electron chi connectivity index (χ3n) is 2.43. The van der Waals surface area contributed by atoms with E-state index in [1.54, 1.807) is 0 Å². The summed E-state index contributed by atoms with van der Waals surface area (Å²) in [6.45, 7) is 6.90. The standard InChI is InChI=1S/C11H21NO2/c1-5-10(6-2)12(4)8-9(3)7-11(13)14/h7,10H,5-6,8H2,1-4H3,(H,13,14). The first kappa shape index (κ1) is 13.2. The molecule has 0 aromatic heterocycles. The lowest BCUT2D eigenvalue weighted by Gasteiger charge is -2.26. The molecule has 3 nitrogen and oxygen atoms in total. The summed E-state index contributed by atoms with van der Waals surface area (Å²) in [5, 5.41) is 8.55. The Labute approximate surface area is 86.4 Å². The zero-order chi connectivity index (χ0) is 11.1. The lowest BCUT2D eigenvalue weighted by molar-refractivity contribution is -0.131. The van der Waals surface area contributed by atoms with Crippen LogP contribution in [-0.2, 0) is 4.79 Å². The van der Waals surface area contributed by atoms with Crippen molar-refractivity contribution in [2.75, 3.05) is 13.6 Å². The molecule has 14 heavy (non-hydrogen) atoms. The molecule has 0 aromatic carbocycles. The summed E-state index contributed by atoms with van der Waals surface area (Å²) < 4.78 is 0. The Kier molecular flexibility index (Phi) is 6.21. The van der Waals surface area contributed by atoms with Gasteiger partial charge in [-0.25, -0.2) is 4.79 Å². The van der Waals surface area contributed by atoms with Crippen LogP contribution in [0.3, 0.4) is 0 Å². The first-order valence-electron chi connectivity index (χ1n) is 5.11. The molecule has 0 aliphatic carbocycles. The van der Waals surface area contributed by atoms with E-state index in [4.69, 9.17) is 5.11 Å². The van der Waals surface area contributed by atoms with Crippen LogP contribution < -0.4 is 0 Å². The van der Waals surface area contributed by atoms with Gasteiger partial charge in [-0.3, -0.25) is 4.90 Å². The lowest BCUT2D eigenvalue weighted by Crippen LogP contribution is -2.32. The highest BCUT2D eigenvalue weighted by atomic mass is 16.4. The maximum atomic E-state index is 10.4. The molecular weight excluding hydrogens is 178 g/mol. The van der Waals surface area contributed by atoms with Gasteiger partial charge in [0, 0.05) is 18.7 Å². The first-order valence-corrected chi connectivity index (χ1v) is 5.11. The van der Waals surface area contributed by atoms with Crippen LogP contribution in [0.5, 0.6) is 0 Å². The topological polar surface area (TPSA) is 40.5 Å². The molecule has 0 aliphatic heterocycles. The number of nitrogens with zero attached hydrogens (tertiary/aromatic N) is 1. The summed E-state index contributed by atoms with van der Waals surface area (Å²) in [7, 11) is 2.04. The molecule has 0 heterocycles. The number of carboxylic acids is 1. The normalized spacial score (nSPS) is 12.6. The molecular formula is C11H21NO2. The highest BCUT2D eigenvalue weighted by Crippen LogP contribution is 2.08. The van der Waals surface area contributed by atoms with Crippen molar-refractivity contribution < 1.29 is 9.90 Å². The van der Waals surface area contributed by atoms with Crippen LogP contribution in [-0.4, -0.2) is 35.6 Å². The maximum Gasteiger partial charge on any atom is 0.328 e. The monoisotopic (exact) mass is 199 g/mol. The van der Waals surface area contributed by atoms with Gasteiger partial charge in [0.2, 0.25) is 0 Å². The van der Waals surface area contributed by atoms with Crippen molar-refractivity contribution >= 4 is 5.97 Å². The number of carboxylic acid groups (broad SMARTS) is 1. The molecule has 0 atom stereocenters. The molecule has 82 valence electrons. The second-order valence-corrected chi connectivity index (χ2v) is 3.71. The van der Waals surface area contributed by atoms with Crippen LogP contribution in [0.15, 0.2) is 11.6 Å². The molecule has 0 rings (SSSR count). The van der Waals surface area contributed by atoms with Gasteiger partial charge in [0.05, 0.1) is 0 Å². The Balaban J connectivity index is 4.16. The first-order chi connectivity index (χ1) is 6.51. The molecule has 0 fully saturated rings. The Hall–Kier alpha value is -0.830.